The fourth-order valence-corrected chi connectivity index (χ4v) is 2.58. The molecule has 1 rings (SSSR count). The number of alkyl carbamates (subject to hydrolysis) is 1. The minimum absolute atomic E-state index is 0.0345. The zero-order valence-corrected chi connectivity index (χ0v) is 13.8. The molecule has 0 aromatic rings. The van der Waals surface area contributed by atoms with Crippen molar-refractivity contribution in [1.29, 1.82) is 0 Å². The van der Waals surface area contributed by atoms with Crippen molar-refractivity contribution < 1.29 is 19.1 Å². The Morgan fingerprint density at radius 1 is 1.38 bits per heavy atom. The number of nitrogens with one attached hydrogen (secondary N) is 1. The van der Waals surface area contributed by atoms with Crippen LogP contribution in [-0.4, -0.2) is 56.4 Å². The first-order chi connectivity index (χ1) is 9.75. The summed E-state index contributed by atoms with van der Waals surface area (Å²) in [5.74, 6) is 0.182. The largest absolute Gasteiger partial charge is 0.449 e. The number of hydrogen-bond acceptors (Lipinski definition) is 4. The predicted octanol–water partition coefficient (Wildman–Crippen LogP) is 1.64. The van der Waals surface area contributed by atoms with Crippen LogP contribution in [0.1, 0.15) is 34.1 Å². The maximum atomic E-state index is 12.3. The zero-order valence-electron chi connectivity index (χ0n) is 13.8. The van der Waals surface area contributed by atoms with E-state index in [4.69, 9.17) is 9.47 Å². The molecule has 0 aliphatic carbocycles. The molecule has 0 bridgehead atoms. The Kier molecular flexibility index (Phi) is 6.45. The van der Waals surface area contributed by atoms with Crippen LogP contribution in [-0.2, 0) is 14.3 Å². The third kappa shape index (κ3) is 5.91. The normalized spacial score (nSPS) is 20.7. The number of methoxy groups -OCH3 is 1. The molecule has 6 nitrogen and oxygen atoms in total. The van der Waals surface area contributed by atoms with Crippen LogP contribution in [0.2, 0.25) is 0 Å². The third-order valence-electron chi connectivity index (χ3n) is 3.44. The Morgan fingerprint density at radius 3 is 2.62 bits per heavy atom. The lowest BCUT2D eigenvalue weighted by molar-refractivity contribution is -0.132. The van der Waals surface area contributed by atoms with Gasteiger partial charge in [0.05, 0.1) is 19.3 Å². The molecule has 122 valence electrons. The summed E-state index contributed by atoms with van der Waals surface area (Å²) in [5, 5.41) is 2.51. The highest BCUT2D eigenvalue weighted by Crippen LogP contribution is 2.33. The molecule has 1 aliphatic rings. The van der Waals surface area contributed by atoms with Gasteiger partial charge in [0.2, 0.25) is 5.91 Å². The molecule has 0 radical (unpaired) electrons. The van der Waals surface area contributed by atoms with E-state index in [-0.39, 0.29) is 29.8 Å². The van der Waals surface area contributed by atoms with Crippen molar-refractivity contribution >= 4 is 12.0 Å². The van der Waals surface area contributed by atoms with Crippen LogP contribution < -0.4 is 5.32 Å². The first-order valence-corrected chi connectivity index (χ1v) is 7.44. The second-order valence-corrected chi connectivity index (χ2v) is 6.85. The van der Waals surface area contributed by atoms with Crippen molar-refractivity contribution in [2.75, 3.05) is 33.4 Å². The minimum atomic E-state index is -0.543. The fraction of sp³-hybridized carbons (Fsp3) is 0.867. The maximum Gasteiger partial charge on any atom is 0.407 e. The molecule has 0 aromatic heterocycles. The summed E-state index contributed by atoms with van der Waals surface area (Å²) in [6, 6.07) is 0.0750. The van der Waals surface area contributed by atoms with Gasteiger partial charge in [-0.1, -0.05) is 27.7 Å². The Balaban J connectivity index is 2.44. The average molecular weight is 300 g/mol. The van der Waals surface area contributed by atoms with Gasteiger partial charge in [0.25, 0.3) is 0 Å². The topological polar surface area (TPSA) is 67.9 Å². The molecule has 6 heteroatoms. The second kappa shape index (κ2) is 7.64. The number of rotatable bonds is 6. The van der Waals surface area contributed by atoms with E-state index < -0.39 is 6.09 Å². The highest BCUT2D eigenvalue weighted by atomic mass is 16.5. The van der Waals surface area contributed by atoms with Crippen LogP contribution in [0.25, 0.3) is 0 Å². The molecule has 0 unspecified atom stereocenters. The summed E-state index contributed by atoms with van der Waals surface area (Å²) in [5.41, 5.74) is 0.0804. The van der Waals surface area contributed by atoms with Gasteiger partial charge in [-0.25, -0.2) is 4.79 Å². The van der Waals surface area contributed by atoms with Crippen LogP contribution in [0.15, 0.2) is 0 Å². The number of carbonyl (C=O) groups is 2. The molecular formula is C15H28N2O4. The molecule has 1 N–H and O–H groups in total. The molecule has 1 aliphatic heterocycles. The molecule has 0 aromatic carbocycles. The van der Waals surface area contributed by atoms with Crippen molar-refractivity contribution in [1.82, 2.24) is 10.2 Å². The molecule has 21 heavy (non-hydrogen) atoms. The second-order valence-electron chi connectivity index (χ2n) is 6.85. The number of carbonyl (C=O) groups excluding carboxylic acids is 2. The molecule has 0 spiro atoms. The van der Waals surface area contributed by atoms with Crippen molar-refractivity contribution in [2.45, 2.75) is 40.2 Å². The predicted molar refractivity (Wildman–Crippen MR) is 80.0 cm³/mol. The van der Waals surface area contributed by atoms with E-state index in [1.165, 1.54) is 0 Å². The van der Waals surface area contributed by atoms with Crippen LogP contribution in [0.5, 0.6) is 0 Å². The maximum absolute atomic E-state index is 12.3. The van der Waals surface area contributed by atoms with Crippen LogP contribution in [0, 0.1) is 11.3 Å². The standard InChI is InChI=1S/C15H28N2O4/c1-11(2)8-21-14(19)16-7-13(18)17-10-15(3,4)6-12(17)9-20-5/h11-12H,6-10H2,1-5H3,(H,16,19)/t12-/m0/s1. The highest BCUT2D eigenvalue weighted by Gasteiger charge is 2.39. The molecule has 1 saturated heterocycles. The van der Waals surface area contributed by atoms with Gasteiger partial charge in [-0.05, 0) is 17.8 Å². The van der Waals surface area contributed by atoms with Gasteiger partial charge in [-0.15, -0.1) is 0 Å². The summed E-state index contributed by atoms with van der Waals surface area (Å²) in [6.45, 7) is 9.70. The van der Waals surface area contributed by atoms with Gasteiger partial charge in [-0.3, -0.25) is 4.79 Å². The molecular weight excluding hydrogens is 272 g/mol. The summed E-state index contributed by atoms with van der Waals surface area (Å²) in [6.07, 6.45) is 0.364. The van der Waals surface area contributed by atoms with E-state index in [2.05, 4.69) is 19.2 Å². The van der Waals surface area contributed by atoms with Crippen molar-refractivity contribution in [3.05, 3.63) is 0 Å². The van der Waals surface area contributed by atoms with E-state index in [1.54, 1.807) is 12.0 Å². The quantitative estimate of drug-likeness (QED) is 0.810. The first-order valence-electron chi connectivity index (χ1n) is 7.44. The molecule has 1 atom stereocenters. The summed E-state index contributed by atoms with van der Waals surface area (Å²) in [4.78, 5) is 25.5. The van der Waals surface area contributed by atoms with Gasteiger partial charge in [0.1, 0.15) is 6.54 Å². The Bertz CT molecular complexity index is 369. The average Bonchev–Trinajstić information content (AvgIpc) is 2.69. The van der Waals surface area contributed by atoms with E-state index in [0.717, 1.165) is 6.42 Å². The minimum Gasteiger partial charge on any atom is -0.449 e. The van der Waals surface area contributed by atoms with Crippen molar-refractivity contribution in [3.8, 4) is 0 Å². The third-order valence-corrected chi connectivity index (χ3v) is 3.44. The molecule has 2 amide bonds. The van der Waals surface area contributed by atoms with Gasteiger partial charge in [0, 0.05) is 13.7 Å². The van der Waals surface area contributed by atoms with E-state index in [1.807, 2.05) is 13.8 Å². The lowest BCUT2D eigenvalue weighted by atomic mass is 9.91. The highest BCUT2D eigenvalue weighted by molar-refractivity contribution is 5.82. The van der Waals surface area contributed by atoms with Crippen LogP contribution >= 0.6 is 0 Å². The number of hydrogen-bond donors (Lipinski definition) is 1. The molecule has 0 saturated carbocycles. The van der Waals surface area contributed by atoms with Crippen molar-refractivity contribution in [3.63, 3.8) is 0 Å². The van der Waals surface area contributed by atoms with Gasteiger partial charge < -0.3 is 19.7 Å². The van der Waals surface area contributed by atoms with E-state index in [9.17, 15) is 9.59 Å². The molecule has 1 fully saturated rings. The van der Waals surface area contributed by atoms with Crippen LogP contribution in [0.3, 0.4) is 0 Å². The number of likely N-dealkylation sites (tertiary alicyclic amines) is 1. The van der Waals surface area contributed by atoms with Crippen molar-refractivity contribution in [2.24, 2.45) is 11.3 Å². The smallest absolute Gasteiger partial charge is 0.407 e. The first kappa shape index (κ1) is 17.8. The van der Waals surface area contributed by atoms with Gasteiger partial charge >= 0.3 is 6.09 Å². The van der Waals surface area contributed by atoms with Gasteiger partial charge in [-0.2, -0.15) is 0 Å². The van der Waals surface area contributed by atoms with E-state index >= 15 is 0 Å². The number of nitrogens with zero attached hydrogens (tertiary/aromatic N) is 1. The Morgan fingerprint density at radius 2 is 2.05 bits per heavy atom. The monoisotopic (exact) mass is 300 g/mol. The van der Waals surface area contributed by atoms with Gasteiger partial charge in [0.15, 0.2) is 0 Å². The van der Waals surface area contributed by atoms with E-state index in [0.29, 0.717) is 19.8 Å². The number of ether oxygens (including phenoxy) is 2. The van der Waals surface area contributed by atoms with Crippen LogP contribution in [0.4, 0.5) is 4.79 Å². The zero-order chi connectivity index (χ0) is 16.0. The summed E-state index contributed by atoms with van der Waals surface area (Å²) >= 11 is 0. The lowest BCUT2D eigenvalue weighted by Crippen LogP contribution is -2.44. The molecule has 1 heterocycles. The Hall–Kier alpha value is -1.30. The lowest BCUT2D eigenvalue weighted by Gasteiger charge is -2.24. The summed E-state index contributed by atoms with van der Waals surface area (Å²) in [7, 11) is 1.63. The number of amides is 2. The summed E-state index contributed by atoms with van der Waals surface area (Å²) < 4.78 is 10.2. The Labute approximate surface area is 127 Å². The SMILES string of the molecule is COC[C@@H]1CC(C)(C)CN1C(=O)CNC(=O)OCC(C)C. The fourth-order valence-electron chi connectivity index (χ4n) is 2.58.